The third kappa shape index (κ3) is 5.10. The Morgan fingerprint density at radius 3 is 1.80 bits per heavy atom. The Balaban J connectivity index is 1.52. The molecule has 0 aromatic heterocycles. The number of fused-ring (bicyclic) bond motifs is 6. The number of phenols is 1. The van der Waals surface area contributed by atoms with Crippen molar-refractivity contribution >= 4 is 0 Å². The smallest absolute Gasteiger partial charge is 0.201 e. The Hall–Kier alpha value is -4.40. The van der Waals surface area contributed by atoms with Crippen LogP contribution < -0.4 is 23.7 Å². The van der Waals surface area contributed by atoms with E-state index in [9.17, 15) is 5.11 Å². The van der Waals surface area contributed by atoms with Crippen LogP contribution in [-0.2, 0) is 25.7 Å². The Bertz CT molecular complexity index is 1800. The highest BCUT2D eigenvalue weighted by Crippen LogP contribution is 2.51. The van der Waals surface area contributed by atoms with Gasteiger partial charge in [0, 0.05) is 41.9 Å². The molecule has 6 bridgehead atoms. The molecule has 0 saturated heterocycles. The summed E-state index contributed by atoms with van der Waals surface area (Å²) in [7, 11) is 11.0. The first-order valence-corrected chi connectivity index (χ1v) is 15.9. The van der Waals surface area contributed by atoms with Crippen LogP contribution in [0.5, 0.6) is 40.2 Å². The van der Waals surface area contributed by atoms with Crippen molar-refractivity contribution in [1.82, 2.24) is 9.80 Å². The molecule has 3 heterocycles. The maximum atomic E-state index is 11.7. The summed E-state index contributed by atoms with van der Waals surface area (Å²) in [6.07, 6.45) is 3.20. The molecule has 3 aliphatic heterocycles. The van der Waals surface area contributed by atoms with Crippen LogP contribution >= 0.6 is 0 Å². The zero-order valence-electron chi connectivity index (χ0n) is 27.5. The van der Waals surface area contributed by atoms with Crippen LogP contribution in [0.25, 0.3) is 11.1 Å². The molecule has 1 N–H and O–H groups in total. The monoisotopic (exact) mass is 622 g/mol. The number of hydrogen-bond donors (Lipinski definition) is 1. The van der Waals surface area contributed by atoms with Gasteiger partial charge in [0.2, 0.25) is 5.75 Å². The third-order valence-corrected chi connectivity index (χ3v) is 10.1. The van der Waals surface area contributed by atoms with Crippen LogP contribution in [0.1, 0.15) is 45.5 Å². The third-order valence-electron chi connectivity index (χ3n) is 10.1. The molecule has 8 nitrogen and oxygen atoms in total. The summed E-state index contributed by atoms with van der Waals surface area (Å²) >= 11 is 0. The van der Waals surface area contributed by atoms with Gasteiger partial charge in [0.25, 0.3) is 0 Å². The Labute approximate surface area is 271 Å². The van der Waals surface area contributed by atoms with Crippen LogP contribution in [0.4, 0.5) is 0 Å². The summed E-state index contributed by atoms with van der Waals surface area (Å²) in [6.45, 7) is 1.79. The van der Waals surface area contributed by atoms with Crippen molar-refractivity contribution in [2.75, 3.05) is 55.6 Å². The second-order valence-electron chi connectivity index (χ2n) is 12.6. The summed E-state index contributed by atoms with van der Waals surface area (Å²) in [5.74, 6) is 3.63. The van der Waals surface area contributed by atoms with E-state index in [0.29, 0.717) is 29.4 Å². The second kappa shape index (κ2) is 12.1. The minimum atomic E-state index is -0.0690. The number of rotatable bonds is 4. The van der Waals surface area contributed by atoms with Crippen molar-refractivity contribution in [3.63, 3.8) is 0 Å². The van der Waals surface area contributed by atoms with Gasteiger partial charge >= 0.3 is 0 Å². The molecule has 7 rings (SSSR count). The fourth-order valence-electron chi connectivity index (χ4n) is 7.53. The van der Waals surface area contributed by atoms with E-state index in [1.54, 1.807) is 28.4 Å². The average Bonchev–Trinajstić information content (AvgIpc) is 3.07. The van der Waals surface area contributed by atoms with Gasteiger partial charge in [0.1, 0.15) is 11.5 Å². The molecule has 0 unspecified atom stereocenters. The molecule has 0 amide bonds. The van der Waals surface area contributed by atoms with Crippen LogP contribution in [-0.4, -0.2) is 70.5 Å². The molecule has 0 spiro atoms. The van der Waals surface area contributed by atoms with Gasteiger partial charge in [-0.3, -0.25) is 9.80 Å². The maximum absolute atomic E-state index is 11.7. The first-order valence-electron chi connectivity index (χ1n) is 15.9. The van der Waals surface area contributed by atoms with Gasteiger partial charge < -0.3 is 28.8 Å². The van der Waals surface area contributed by atoms with E-state index in [4.69, 9.17) is 23.7 Å². The Kier molecular flexibility index (Phi) is 7.95. The van der Waals surface area contributed by atoms with Gasteiger partial charge in [-0.2, -0.15) is 0 Å². The second-order valence-corrected chi connectivity index (χ2v) is 12.6. The van der Waals surface area contributed by atoms with E-state index in [-0.39, 0.29) is 17.8 Å². The van der Waals surface area contributed by atoms with Gasteiger partial charge in [-0.05, 0) is 110 Å². The molecule has 0 fully saturated rings. The number of likely N-dealkylation sites (N-methyl/N-ethyl adjacent to an activating group) is 2. The van der Waals surface area contributed by atoms with Crippen LogP contribution in [0.15, 0.2) is 54.6 Å². The predicted molar refractivity (Wildman–Crippen MR) is 178 cm³/mol. The lowest BCUT2D eigenvalue weighted by atomic mass is 9.86. The molecular weight excluding hydrogens is 580 g/mol. The molecular formula is C38H42N2O6. The van der Waals surface area contributed by atoms with Crippen LogP contribution in [0.3, 0.4) is 0 Å². The molecule has 0 saturated carbocycles. The van der Waals surface area contributed by atoms with E-state index in [2.05, 4.69) is 66.4 Å². The molecule has 0 radical (unpaired) electrons. The van der Waals surface area contributed by atoms with Gasteiger partial charge in [-0.15, -0.1) is 0 Å². The highest BCUT2D eigenvalue weighted by atomic mass is 16.5. The van der Waals surface area contributed by atoms with E-state index in [1.165, 1.54) is 16.7 Å². The fourth-order valence-corrected chi connectivity index (χ4v) is 7.53. The lowest BCUT2D eigenvalue weighted by molar-refractivity contribution is 0.220. The first kappa shape index (κ1) is 30.3. The molecule has 4 aromatic rings. The van der Waals surface area contributed by atoms with Crippen molar-refractivity contribution < 1.29 is 28.8 Å². The highest BCUT2D eigenvalue weighted by molar-refractivity contribution is 5.77. The van der Waals surface area contributed by atoms with Gasteiger partial charge in [-0.25, -0.2) is 0 Å². The SMILES string of the molecule is COc1cc2c3cc1Oc1c(O)c(OC)cc4c1[C@@H](Cc1ccc(OC)c(c1)-c1cc(ccc1OC)C[C@@H]3N(C)CC2)N(C)CC4. The number of hydrogen-bond acceptors (Lipinski definition) is 8. The molecule has 4 aromatic carbocycles. The minimum absolute atomic E-state index is 0.00811. The normalized spacial score (nSPS) is 19.1. The van der Waals surface area contributed by atoms with Gasteiger partial charge in [0.15, 0.2) is 23.0 Å². The summed E-state index contributed by atoms with van der Waals surface area (Å²) < 4.78 is 30.2. The number of aromatic hydroxyl groups is 1. The van der Waals surface area contributed by atoms with Crippen molar-refractivity contribution in [3.05, 3.63) is 88.0 Å². The predicted octanol–water partition coefficient (Wildman–Crippen LogP) is 6.74. The van der Waals surface area contributed by atoms with Crippen molar-refractivity contribution in [2.45, 2.75) is 37.8 Å². The summed E-state index contributed by atoms with van der Waals surface area (Å²) in [5.41, 5.74) is 8.83. The molecule has 3 aliphatic rings. The number of nitrogens with zero attached hydrogens (tertiary/aromatic N) is 2. The van der Waals surface area contributed by atoms with Gasteiger partial charge in [0.05, 0.1) is 28.4 Å². The minimum Gasteiger partial charge on any atom is -0.502 e. The van der Waals surface area contributed by atoms with E-state index in [0.717, 1.165) is 71.7 Å². The van der Waals surface area contributed by atoms with E-state index in [1.807, 2.05) is 12.1 Å². The zero-order chi connectivity index (χ0) is 32.1. The summed E-state index contributed by atoms with van der Waals surface area (Å²) in [4.78, 5) is 4.74. The topological polar surface area (TPSA) is 72.9 Å². The van der Waals surface area contributed by atoms with E-state index < -0.39 is 0 Å². The largest absolute Gasteiger partial charge is 0.502 e. The zero-order valence-corrected chi connectivity index (χ0v) is 27.5. The van der Waals surface area contributed by atoms with Crippen LogP contribution in [0, 0.1) is 0 Å². The van der Waals surface area contributed by atoms with Crippen LogP contribution in [0.2, 0.25) is 0 Å². The molecule has 240 valence electrons. The van der Waals surface area contributed by atoms with Gasteiger partial charge in [-0.1, -0.05) is 12.1 Å². The molecule has 8 heteroatoms. The number of methoxy groups -OCH3 is 4. The summed E-state index contributed by atoms with van der Waals surface area (Å²) in [5, 5.41) is 11.7. The molecule has 0 aliphatic carbocycles. The number of phenolic OH excluding ortho intramolecular Hbond substituents is 1. The average molecular weight is 623 g/mol. The molecule has 46 heavy (non-hydrogen) atoms. The quantitative estimate of drug-likeness (QED) is 0.268. The summed E-state index contributed by atoms with van der Waals surface area (Å²) in [6, 6.07) is 19.1. The highest BCUT2D eigenvalue weighted by Gasteiger charge is 2.34. The van der Waals surface area contributed by atoms with Crippen molar-refractivity contribution in [1.29, 1.82) is 0 Å². The first-order chi connectivity index (χ1) is 22.3. The standard InChI is InChI=1S/C38H42N2O6/c1-39-13-11-24-19-33(44-5)34-21-26(24)29(39)17-22-7-9-31(42-3)27(15-22)28-16-23(8-10-32(28)43-4)18-30-36-25(12-14-40(30)2)20-35(45-6)37(41)38(36)46-34/h7-10,15-16,19-21,29-30,41H,11-14,17-18H2,1-6H3/t29-,30+/m0/s1. The van der Waals surface area contributed by atoms with Crippen molar-refractivity contribution in [2.24, 2.45) is 0 Å². The molecule has 2 atom stereocenters. The maximum Gasteiger partial charge on any atom is 0.201 e. The Morgan fingerprint density at radius 1 is 0.652 bits per heavy atom. The Morgan fingerprint density at radius 2 is 1.20 bits per heavy atom. The van der Waals surface area contributed by atoms with E-state index >= 15 is 0 Å². The van der Waals surface area contributed by atoms with Crippen molar-refractivity contribution in [3.8, 4) is 51.4 Å². The lowest BCUT2D eigenvalue weighted by Crippen LogP contribution is -2.34. The fraction of sp³-hybridized carbons (Fsp3) is 0.368. The lowest BCUT2D eigenvalue weighted by Gasteiger charge is -2.37. The number of benzene rings is 4. The number of ether oxygens (including phenoxy) is 5.